The van der Waals surface area contributed by atoms with Crippen LogP contribution in [-0.2, 0) is 0 Å². The number of halogens is 2. The zero-order chi connectivity index (χ0) is 12.3. The van der Waals surface area contributed by atoms with Crippen molar-refractivity contribution in [1.29, 1.82) is 0 Å². The third-order valence-electron chi connectivity index (χ3n) is 2.73. The Balaban J connectivity index is 2.33. The van der Waals surface area contributed by atoms with Crippen molar-refractivity contribution in [3.8, 4) is 0 Å². The van der Waals surface area contributed by atoms with Crippen LogP contribution in [-0.4, -0.2) is 16.9 Å². The van der Waals surface area contributed by atoms with E-state index < -0.39 is 0 Å². The van der Waals surface area contributed by atoms with Gasteiger partial charge in [-0.3, -0.25) is 0 Å². The number of hydrogen-bond acceptors (Lipinski definition) is 0. The van der Waals surface area contributed by atoms with Gasteiger partial charge in [0.25, 0.3) is 0 Å². The molecular weight excluding hydrogens is 314 g/mol. The molecule has 2 aromatic rings. The molecule has 0 aliphatic carbocycles. The van der Waals surface area contributed by atoms with E-state index in [2.05, 4.69) is 41.1 Å². The van der Waals surface area contributed by atoms with Gasteiger partial charge < -0.3 is 0 Å². The zero-order valence-electron chi connectivity index (χ0n) is 9.11. The molecule has 2 radical (unpaired) electrons. The summed E-state index contributed by atoms with van der Waals surface area (Å²) in [4.78, 5) is 0. The first kappa shape index (κ1) is 13.0. The van der Waals surface area contributed by atoms with Crippen LogP contribution in [0.4, 0.5) is 0 Å². The molecule has 0 amide bonds. The van der Waals surface area contributed by atoms with Gasteiger partial charge in [0.2, 0.25) is 0 Å². The summed E-state index contributed by atoms with van der Waals surface area (Å²) in [6.07, 6.45) is 0. The van der Waals surface area contributed by atoms with Crippen LogP contribution in [0.2, 0.25) is 15.3 Å². The molecule has 0 nitrogen and oxygen atoms in total. The van der Waals surface area contributed by atoms with E-state index in [0.29, 0.717) is 5.92 Å². The normalized spacial score (nSPS) is 10.8. The van der Waals surface area contributed by atoms with Gasteiger partial charge >= 0.3 is 121 Å². The van der Waals surface area contributed by atoms with Crippen LogP contribution in [0, 0.1) is 0 Å². The van der Waals surface area contributed by atoms with E-state index in [1.807, 2.05) is 24.3 Å². The van der Waals surface area contributed by atoms with Crippen molar-refractivity contribution in [1.82, 2.24) is 0 Å². The van der Waals surface area contributed by atoms with Gasteiger partial charge in [0.1, 0.15) is 0 Å². The second-order valence-electron chi connectivity index (χ2n) is 3.84. The molecule has 0 heterocycles. The Hall–Kier alpha value is -0.422. The monoisotopic (exact) mass is 324 g/mol. The van der Waals surface area contributed by atoms with Gasteiger partial charge in [0, 0.05) is 0 Å². The second kappa shape index (κ2) is 5.96. The van der Waals surface area contributed by atoms with E-state index in [1.165, 1.54) is 11.1 Å². The van der Waals surface area contributed by atoms with Crippen molar-refractivity contribution in [2.24, 2.45) is 0 Å². The van der Waals surface area contributed by atoms with Crippen LogP contribution in [0.5, 0.6) is 0 Å². The van der Waals surface area contributed by atoms with Crippen molar-refractivity contribution in [3.05, 3.63) is 69.7 Å². The quantitative estimate of drug-likeness (QED) is 0.717. The summed E-state index contributed by atoms with van der Waals surface area (Å²) in [5, 5.41) is 2.54. The van der Waals surface area contributed by atoms with E-state index in [9.17, 15) is 0 Å². The standard InChI is InChI=1S/C14H11AsCl2/c15-9-14(10-1-5-12(16)6-2-10)11-3-7-13(17)8-4-11/h1-8,14H,9H2. The van der Waals surface area contributed by atoms with Crippen LogP contribution in [0.3, 0.4) is 0 Å². The van der Waals surface area contributed by atoms with E-state index in [0.717, 1.165) is 15.3 Å². The van der Waals surface area contributed by atoms with Crippen LogP contribution in [0.15, 0.2) is 48.5 Å². The maximum absolute atomic E-state index is 5.90. The molecule has 0 fully saturated rings. The second-order valence-corrected chi connectivity index (χ2v) is 5.48. The Labute approximate surface area is 120 Å². The van der Waals surface area contributed by atoms with Gasteiger partial charge in [0.05, 0.1) is 0 Å². The molecule has 0 aromatic heterocycles. The number of benzene rings is 2. The van der Waals surface area contributed by atoms with Crippen molar-refractivity contribution < 1.29 is 0 Å². The van der Waals surface area contributed by atoms with Gasteiger partial charge in [-0.15, -0.1) is 0 Å². The first-order valence-electron chi connectivity index (χ1n) is 5.32. The van der Waals surface area contributed by atoms with Gasteiger partial charge in [-0.05, 0) is 0 Å². The molecule has 0 saturated carbocycles. The topological polar surface area (TPSA) is 0 Å². The summed E-state index contributed by atoms with van der Waals surface area (Å²) in [6, 6.07) is 16.0. The fourth-order valence-corrected chi connectivity index (χ4v) is 2.93. The molecule has 0 aliphatic heterocycles. The van der Waals surface area contributed by atoms with E-state index in [4.69, 9.17) is 23.2 Å². The minimum absolute atomic E-state index is 0.379. The predicted molar refractivity (Wildman–Crippen MR) is 75.3 cm³/mol. The summed E-state index contributed by atoms with van der Waals surface area (Å²) < 4.78 is 0. The van der Waals surface area contributed by atoms with Crippen molar-refractivity contribution in [3.63, 3.8) is 0 Å². The molecule has 0 N–H and O–H groups in total. The SMILES string of the molecule is Clc1ccc(C(C[As])c2ccc(Cl)cc2)cc1. The third-order valence-corrected chi connectivity index (χ3v) is 4.00. The fraction of sp³-hybridized carbons (Fsp3) is 0.143. The van der Waals surface area contributed by atoms with Gasteiger partial charge in [0.15, 0.2) is 0 Å². The summed E-state index contributed by atoms with van der Waals surface area (Å²) in [5.74, 6) is 0.379. The predicted octanol–water partition coefficient (Wildman–Crippen LogP) is 4.71. The van der Waals surface area contributed by atoms with Crippen LogP contribution >= 0.6 is 23.2 Å². The molecule has 2 rings (SSSR count). The van der Waals surface area contributed by atoms with E-state index in [1.54, 1.807) is 0 Å². The maximum atomic E-state index is 5.90. The van der Waals surface area contributed by atoms with Gasteiger partial charge in [-0.25, -0.2) is 0 Å². The third kappa shape index (κ3) is 3.28. The molecule has 0 bridgehead atoms. The number of rotatable bonds is 3. The molecule has 17 heavy (non-hydrogen) atoms. The Bertz CT molecular complexity index is 431. The van der Waals surface area contributed by atoms with Crippen molar-refractivity contribution >= 4 is 40.1 Å². The molecule has 0 spiro atoms. The molecule has 0 unspecified atom stereocenters. The summed E-state index contributed by atoms with van der Waals surface area (Å²) >= 11 is 14.5. The average molecular weight is 325 g/mol. The van der Waals surface area contributed by atoms with Gasteiger partial charge in [-0.2, -0.15) is 0 Å². The Morgan fingerprint density at radius 1 is 0.765 bits per heavy atom. The van der Waals surface area contributed by atoms with E-state index >= 15 is 0 Å². The van der Waals surface area contributed by atoms with Crippen LogP contribution in [0.1, 0.15) is 17.0 Å². The average Bonchev–Trinajstić information content (AvgIpc) is 2.35. The summed E-state index contributed by atoms with van der Waals surface area (Å²) in [6.45, 7) is 0. The Morgan fingerprint density at radius 3 is 1.41 bits per heavy atom. The molecule has 86 valence electrons. The van der Waals surface area contributed by atoms with Crippen LogP contribution in [0.25, 0.3) is 0 Å². The molecule has 0 saturated heterocycles. The van der Waals surface area contributed by atoms with Gasteiger partial charge in [-0.1, -0.05) is 0 Å². The number of hydrogen-bond donors (Lipinski definition) is 0. The molecule has 3 heteroatoms. The molecule has 0 atom stereocenters. The molecular formula is C14H11AsCl2. The first-order valence-corrected chi connectivity index (χ1v) is 7.41. The Morgan fingerprint density at radius 2 is 1.12 bits per heavy atom. The van der Waals surface area contributed by atoms with Crippen LogP contribution < -0.4 is 0 Å². The van der Waals surface area contributed by atoms with Crippen molar-refractivity contribution in [2.75, 3.05) is 0 Å². The molecule has 2 aromatic carbocycles. The molecule has 0 aliphatic rings. The summed E-state index contributed by atoms with van der Waals surface area (Å²) in [5.41, 5.74) is 2.55. The van der Waals surface area contributed by atoms with E-state index in [-0.39, 0.29) is 0 Å². The van der Waals surface area contributed by atoms with Crippen molar-refractivity contribution in [2.45, 2.75) is 11.1 Å². The minimum atomic E-state index is 0.379. The summed E-state index contributed by atoms with van der Waals surface area (Å²) in [7, 11) is 0. The zero-order valence-corrected chi connectivity index (χ0v) is 12.5. The fourth-order valence-electron chi connectivity index (χ4n) is 1.79. The first-order chi connectivity index (χ1) is 8.20. The Kier molecular flexibility index (Phi) is 4.56.